The Balaban J connectivity index is 1.64. The molecule has 2 aromatic rings. The summed E-state index contributed by atoms with van der Waals surface area (Å²) in [5.74, 6) is -1.07. The third kappa shape index (κ3) is 7.22. The van der Waals surface area contributed by atoms with Gasteiger partial charge in [0.1, 0.15) is 17.4 Å². The maximum Gasteiger partial charge on any atom is 0.423 e. The average molecular weight is 614 g/mol. The Kier molecular flexibility index (Phi) is 9.18. The molecule has 1 aromatic carbocycles. The molecule has 4 rings (SSSR count). The van der Waals surface area contributed by atoms with Crippen LogP contribution in [0.3, 0.4) is 0 Å². The van der Waals surface area contributed by atoms with E-state index >= 15 is 0 Å². The zero-order chi connectivity index (χ0) is 30.8. The van der Waals surface area contributed by atoms with Crippen molar-refractivity contribution in [2.45, 2.75) is 31.2 Å². The number of halogens is 3. The largest absolute Gasteiger partial charge is 0.494 e. The number of nitrogens with one attached hydrogen (secondary N) is 2. The van der Waals surface area contributed by atoms with Crippen LogP contribution in [-0.2, 0) is 21.0 Å². The number of sulfonamides is 1. The predicted molar refractivity (Wildman–Crippen MR) is 152 cm³/mol. The summed E-state index contributed by atoms with van der Waals surface area (Å²) in [6.45, 7) is 4.77. The topological polar surface area (TPSA) is 129 Å². The van der Waals surface area contributed by atoms with Crippen molar-refractivity contribution in [3.05, 3.63) is 36.5 Å². The summed E-state index contributed by atoms with van der Waals surface area (Å²) >= 11 is 0. The number of amides is 1. The predicted octanol–water partition coefficient (Wildman–Crippen LogP) is 2.93. The summed E-state index contributed by atoms with van der Waals surface area (Å²) in [6, 6.07) is 3.75. The van der Waals surface area contributed by atoms with Crippen LogP contribution >= 0.6 is 0 Å². The molecule has 0 saturated carbocycles. The van der Waals surface area contributed by atoms with E-state index in [-0.39, 0.29) is 24.7 Å². The molecule has 0 atom stereocenters. The summed E-state index contributed by atoms with van der Waals surface area (Å²) in [5.41, 5.74) is 0.224. The second-order valence-electron chi connectivity index (χ2n) is 10.3. The van der Waals surface area contributed by atoms with E-state index in [2.05, 4.69) is 37.0 Å². The lowest BCUT2D eigenvalue weighted by Crippen LogP contribution is -2.55. The van der Waals surface area contributed by atoms with Gasteiger partial charge in [0.2, 0.25) is 27.8 Å². The molecule has 230 valence electrons. The standard InChI is InChI=1S/C26H34F3N7O5S/c1-6-23(37)31-19-11-20(22(40-4)12-21(19)35-9-7-16(8-10-35)34(2)3)32-25-30-13-18(26(27,28)29)24(33-25)41-17-14-36(15-17)42(5,38)39/h6,11-13,16-17H,1,7-10,14-15H2,2-5H3,(H,31,37)(H,30,32,33). The van der Waals surface area contributed by atoms with Gasteiger partial charge >= 0.3 is 6.18 Å². The molecule has 3 heterocycles. The van der Waals surface area contributed by atoms with E-state index in [1.54, 1.807) is 12.1 Å². The fourth-order valence-electron chi connectivity index (χ4n) is 4.74. The molecule has 0 radical (unpaired) electrons. The van der Waals surface area contributed by atoms with Crippen LogP contribution in [0, 0.1) is 0 Å². The van der Waals surface area contributed by atoms with Crippen molar-refractivity contribution in [1.82, 2.24) is 19.2 Å². The van der Waals surface area contributed by atoms with Crippen molar-refractivity contribution >= 4 is 38.9 Å². The SMILES string of the molecule is C=CC(=O)Nc1cc(Nc2ncc(C(F)(F)F)c(OC3CN(S(C)(=O)=O)C3)n2)c(OC)cc1N1CCC(N(C)C)CC1. The number of carbonyl (C=O) groups excluding carboxylic acids is 1. The van der Waals surface area contributed by atoms with Gasteiger partial charge in [0.05, 0.1) is 43.5 Å². The van der Waals surface area contributed by atoms with Crippen LogP contribution in [0.15, 0.2) is 31.0 Å². The molecule has 0 bridgehead atoms. The van der Waals surface area contributed by atoms with Crippen LogP contribution in [0.1, 0.15) is 18.4 Å². The third-order valence-corrected chi connectivity index (χ3v) is 8.40. The molecule has 42 heavy (non-hydrogen) atoms. The first-order chi connectivity index (χ1) is 19.7. The van der Waals surface area contributed by atoms with Gasteiger partial charge in [-0.2, -0.15) is 22.5 Å². The highest BCUT2D eigenvalue weighted by molar-refractivity contribution is 7.88. The Morgan fingerprint density at radius 2 is 1.86 bits per heavy atom. The third-order valence-electron chi connectivity index (χ3n) is 7.16. The fraction of sp³-hybridized carbons (Fsp3) is 0.500. The number of anilines is 4. The van der Waals surface area contributed by atoms with Crippen molar-refractivity contribution in [3.8, 4) is 11.6 Å². The highest BCUT2D eigenvalue weighted by Gasteiger charge is 2.40. The lowest BCUT2D eigenvalue weighted by atomic mass is 10.0. The normalized spacial score (nSPS) is 17.1. The summed E-state index contributed by atoms with van der Waals surface area (Å²) < 4.78 is 76.5. The molecule has 2 aliphatic heterocycles. The van der Waals surface area contributed by atoms with Crippen LogP contribution in [0.2, 0.25) is 0 Å². The second-order valence-corrected chi connectivity index (χ2v) is 12.3. The van der Waals surface area contributed by atoms with Gasteiger partial charge in [-0.15, -0.1) is 0 Å². The zero-order valence-corrected chi connectivity index (χ0v) is 24.5. The molecule has 0 aliphatic carbocycles. The number of carbonyl (C=O) groups is 1. The molecule has 2 saturated heterocycles. The molecule has 2 N–H and O–H groups in total. The van der Waals surface area contributed by atoms with Gasteiger partial charge in [0, 0.05) is 31.4 Å². The molecule has 1 aromatic heterocycles. The molecule has 2 fully saturated rings. The van der Waals surface area contributed by atoms with Crippen molar-refractivity contribution in [3.63, 3.8) is 0 Å². The Morgan fingerprint density at radius 3 is 2.40 bits per heavy atom. The number of hydrogen-bond acceptors (Lipinski definition) is 10. The van der Waals surface area contributed by atoms with Crippen molar-refractivity contribution in [2.24, 2.45) is 0 Å². The number of nitrogens with zero attached hydrogens (tertiary/aromatic N) is 5. The smallest absolute Gasteiger partial charge is 0.423 e. The van der Waals surface area contributed by atoms with Crippen molar-refractivity contribution in [2.75, 3.05) is 69.2 Å². The first kappa shape index (κ1) is 31.3. The molecule has 12 nitrogen and oxygen atoms in total. The van der Waals surface area contributed by atoms with Crippen LogP contribution in [-0.4, -0.2) is 99.3 Å². The molecule has 0 unspecified atom stereocenters. The highest BCUT2D eigenvalue weighted by atomic mass is 32.2. The second kappa shape index (κ2) is 12.3. The van der Waals surface area contributed by atoms with Gasteiger partial charge in [-0.3, -0.25) is 4.79 Å². The molecule has 0 spiro atoms. The highest BCUT2D eigenvalue weighted by Crippen LogP contribution is 2.41. The molecule has 1 amide bonds. The Morgan fingerprint density at radius 1 is 1.19 bits per heavy atom. The van der Waals surface area contributed by atoms with Crippen LogP contribution in [0.4, 0.5) is 36.2 Å². The molecule has 2 aliphatic rings. The number of rotatable bonds is 10. The Labute approximate surface area is 242 Å². The number of aromatic nitrogens is 2. The van der Waals surface area contributed by atoms with Gasteiger partial charge in [0.25, 0.3) is 0 Å². The van der Waals surface area contributed by atoms with Crippen LogP contribution < -0.4 is 25.0 Å². The minimum absolute atomic E-state index is 0.101. The number of methoxy groups -OCH3 is 1. The summed E-state index contributed by atoms with van der Waals surface area (Å²) in [5, 5.41) is 5.66. The Hall–Kier alpha value is -3.63. The number of alkyl halides is 3. The van der Waals surface area contributed by atoms with E-state index in [1.165, 1.54) is 7.11 Å². The van der Waals surface area contributed by atoms with Gasteiger partial charge in [0.15, 0.2) is 0 Å². The van der Waals surface area contributed by atoms with Gasteiger partial charge in [-0.05, 0) is 39.1 Å². The first-order valence-electron chi connectivity index (χ1n) is 13.1. The number of hydrogen-bond donors (Lipinski definition) is 2. The van der Waals surface area contributed by atoms with Crippen molar-refractivity contribution in [1.29, 1.82) is 0 Å². The quantitative estimate of drug-likeness (QED) is 0.386. The number of benzene rings is 1. The summed E-state index contributed by atoms with van der Waals surface area (Å²) in [7, 11) is 2.03. The minimum Gasteiger partial charge on any atom is -0.494 e. The van der Waals surface area contributed by atoms with E-state index in [9.17, 15) is 26.4 Å². The van der Waals surface area contributed by atoms with Gasteiger partial charge < -0.3 is 29.9 Å². The van der Waals surface area contributed by atoms with Crippen molar-refractivity contribution < 1.29 is 35.9 Å². The minimum atomic E-state index is -4.81. The first-order valence-corrected chi connectivity index (χ1v) is 14.9. The van der Waals surface area contributed by atoms with E-state index in [1.807, 2.05) is 14.1 Å². The maximum absolute atomic E-state index is 13.7. The monoisotopic (exact) mass is 613 g/mol. The average Bonchev–Trinajstić information content (AvgIpc) is 2.89. The Bertz CT molecular complexity index is 1420. The summed E-state index contributed by atoms with van der Waals surface area (Å²) in [6.07, 6.45) is -1.07. The lowest BCUT2D eigenvalue weighted by Gasteiger charge is -2.37. The van der Waals surface area contributed by atoms with E-state index in [4.69, 9.17) is 9.47 Å². The van der Waals surface area contributed by atoms with E-state index in [0.717, 1.165) is 42.6 Å². The van der Waals surface area contributed by atoms with Gasteiger partial charge in [-0.1, -0.05) is 6.58 Å². The fourth-order valence-corrected chi connectivity index (χ4v) is 5.61. The van der Waals surface area contributed by atoms with Crippen LogP contribution in [0.25, 0.3) is 0 Å². The maximum atomic E-state index is 13.7. The number of ether oxygens (including phenoxy) is 2. The van der Waals surface area contributed by atoms with Gasteiger partial charge in [-0.25, -0.2) is 13.4 Å². The lowest BCUT2D eigenvalue weighted by molar-refractivity contribution is -0.140. The molecular weight excluding hydrogens is 579 g/mol. The van der Waals surface area contributed by atoms with Crippen LogP contribution in [0.5, 0.6) is 11.6 Å². The molecular formula is C26H34F3N7O5S. The zero-order valence-electron chi connectivity index (χ0n) is 23.7. The van der Waals surface area contributed by atoms with E-state index < -0.39 is 39.7 Å². The molecule has 16 heteroatoms. The summed E-state index contributed by atoms with van der Waals surface area (Å²) in [4.78, 5) is 24.4. The van der Waals surface area contributed by atoms with E-state index in [0.29, 0.717) is 29.4 Å². The number of piperidine rings is 1.